The van der Waals surface area contributed by atoms with E-state index in [1.54, 1.807) is 12.1 Å². The molecule has 2 N–H and O–H groups in total. The Balaban J connectivity index is 0.000000172. The average Bonchev–Trinajstić information content (AvgIpc) is 2.72. The second kappa shape index (κ2) is 8.93. The second-order valence-corrected chi connectivity index (χ2v) is 7.87. The minimum absolute atomic E-state index is 0.297. The van der Waals surface area contributed by atoms with Gasteiger partial charge in [-0.1, -0.05) is 57.0 Å². The number of phenols is 2. The fourth-order valence-electron chi connectivity index (χ4n) is 4.00. The van der Waals surface area contributed by atoms with Gasteiger partial charge < -0.3 is 10.2 Å². The molecule has 0 saturated heterocycles. The van der Waals surface area contributed by atoms with E-state index in [4.69, 9.17) is 6.42 Å². The van der Waals surface area contributed by atoms with Crippen molar-refractivity contribution in [1.29, 1.82) is 0 Å². The van der Waals surface area contributed by atoms with Gasteiger partial charge in [0.15, 0.2) is 0 Å². The van der Waals surface area contributed by atoms with Crippen molar-refractivity contribution in [3.05, 3.63) is 82.9 Å². The molecule has 0 radical (unpaired) electrons. The Labute approximate surface area is 178 Å². The molecule has 0 aliphatic carbocycles. The van der Waals surface area contributed by atoms with Crippen LogP contribution in [0.2, 0.25) is 0 Å². The normalized spacial score (nSPS) is 10.7. The Hall–Kier alpha value is -3.44. The topological polar surface area (TPSA) is 40.5 Å². The third-order valence-electron chi connectivity index (χ3n) is 5.40. The SMILES string of the molecule is C#Cc1cccc2cc(O)cc(C(C)C)c12.CCc1cc(O)cc2cccc(C)c12. The van der Waals surface area contributed by atoms with Crippen molar-refractivity contribution >= 4 is 21.5 Å². The van der Waals surface area contributed by atoms with Crippen LogP contribution in [0, 0.1) is 19.3 Å². The van der Waals surface area contributed by atoms with Gasteiger partial charge in [0, 0.05) is 10.9 Å². The summed E-state index contributed by atoms with van der Waals surface area (Å²) in [6.07, 6.45) is 6.46. The smallest absolute Gasteiger partial charge is 0.116 e. The van der Waals surface area contributed by atoms with Crippen molar-refractivity contribution in [3.8, 4) is 23.8 Å². The average molecular weight is 397 g/mol. The molecule has 0 amide bonds. The van der Waals surface area contributed by atoms with Gasteiger partial charge in [-0.15, -0.1) is 6.42 Å². The van der Waals surface area contributed by atoms with Gasteiger partial charge in [-0.25, -0.2) is 0 Å². The summed E-state index contributed by atoms with van der Waals surface area (Å²) < 4.78 is 0. The fraction of sp³-hybridized carbons (Fsp3) is 0.214. The lowest BCUT2D eigenvalue weighted by Gasteiger charge is -2.12. The molecule has 0 atom stereocenters. The molecule has 0 saturated carbocycles. The lowest BCUT2D eigenvalue weighted by molar-refractivity contribution is 0.474. The van der Waals surface area contributed by atoms with Crippen LogP contribution in [0.1, 0.15) is 48.9 Å². The van der Waals surface area contributed by atoms with Crippen LogP contribution in [0.3, 0.4) is 0 Å². The number of hydrogen-bond acceptors (Lipinski definition) is 2. The van der Waals surface area contributed by atoms with Crippen LogP contribution >= 0.6 is 0 Å². The summed E-state index contributed by atoms with van der Waals surface area (Å²) in [6.45, 7) is 8.42. The zero-order valence-corrected chi connectivity index (χ0v) is 18.0. The van der Waals surface area contributed by atoms with Gasteiger partial charge in [-0.2, -0.15) is 0 Å². The van der Waals surface area contributed by atoms with Crippen LogP contribution in [0.5, 0.6) is 11.5 Å². The maximum Gasteiger partial charge on any atom is 0.116 e. The Kier molecular flexibility index (Phi) is 6.33. The fourth-order valence-corrected chi connectivity index (χ4v) is 4.00. The lowest BCUT2D eigenvalue weighted by atomic mass is 9.92. The maximum atomic E-state index is 9.67. The first-order valence-electron chi connectivity index (χ1n) is 10.3. The molecule has 2 nitrogen and oxygen atoms in total. The van der Waals surface area contributed by atoms with E-state index in [2.05, 4.69) is 39.7 Å². The molecule has 0 aliphatic heterocycles. The third-order valence-corrected chi connectivity index (χ3v) is 5.40. The first kappa shape index (κ1) is 21.3. The molecule has 0 spiro atoms. The number of aryl methyl sites for hydroxylation is 2. The minimum Gasteiger partial charge on any atom is -0.508 e. The van der Waals surface area contributed by atoms with Crippen LogP contribution in [0.25, 0.3) is 21.5 Å². The van der Waals surface area contributed by atoms with Gasteiger partial charge in [0.05, 0.1) is 0 Å². The van der Waals surface area contributed by atoms with Crippen LogP contribution in [0.4, 0.5) is 0 Å². The standard InChI is InChI=1S/C15H14O.C13H14O/c1-4-11-6-5-7-12-8-13(16)9-14(10(2)3)15(11)12;1-3-10-7-12(14)8-11-6-4-5-9(2)13(10)11/h1,5-10,16H,2-3H3;4-8,14H,3H2,1-2H3. The van der Waals surface area contributed by atoms with Crippen molar-refractivity contribution in [3.63, 3.8) is 0 Å². The van der Waals surface area contributed by atoms with E-state index in [-0.39, 0.29) is 0 Å². The van der Waals surface area contributed by atoms with E-state index in [0.29, 0.717) is 17.4 Å². The highest BCUT2D eigenvalue weighted by Gasteiger charge is 2.10. The Morgan fingerprint density at radius 1 is 0.867 bits per heavy atom. The molecule has 0 bridgehead atoms. The molecule has 4 aromatic rings. The van der Waals surface area contributed by atoms with E-state index >= 15 is 0 Å². The highest BCUT2D eigenvalue weighted by Crippen LogP contribution is 2.32. The number of terminal acetylenes is 1. The lowest BCUT2D eigenvalue weighted by Crippen LogP contribution is -1.92. The van der Waals surface area contributed by atoms with Crippen LogP contribution in [-0.2, 0) is 6.42 Å². The van der Waals surface area contributed by atoms with Crippen molar-refractivity contribution < 1.29 is 10.2 Å². The number of phenolic OH excluding ortho intramolecular Hbond substituents is 2. The van der Waals surface area contributed by atoms with Gasteiger partial charge in [0.25, 0.3) is 0 Å². The van der Waals surface area contributed by atoms with Crippen molar-refractivity contribution in [2.75, 3.05) is 0 Å². The predicted octanol–water partition coefficient (Wildman–Crippen LogP) is 7.07. The van der Waals surface area contributed by atoms with Gasteiger partial charge in [-0.3, -0.25) is 0 Å². The van der Waals surface area contributed by atoms with Gasteiger partial charge in [-0.05, 0) is 82.4 Å². The molecule has 0 heterocycles. The molecular weight excluding hydrogens is 368 g/mol. The maximum absolute atomic E-state index is 9.67. The van der Waals surface area contributed by atoms with E-state index in [1.165, 1.54) is 16.5 Å². The Bertz CT molecular complexity index is 1240. The summed E-state index contributed by atoms with van der Waals surface area (Å²) in [5.74, 6) is 3.70. The summed E-state index contributed by atoms with van der Waals surface area (Å²) in [6, 6.07) is 19.2. The van der Waals surface area contributed by atoms with Gasteiger partial charge in [0.1, 0.15) is 11.5 Å². The molecule has 0 unspecified atom stereocenters. The number of benzene rings is 4. The summed E-state index contributed by atoms with van der Waals surface area (Å²) in [7, 11) is 0. The van der Waals surface area contributed by atoms with E-state index in [0.717, 1.165) is 33.7 Å². The zero-order valence-electron chi connectivity index (χ0n) is 18.0. The van der Waals surface area contributed by atoms with Crippen LogP contribution in [-0.4, -0.2) is 10.2 Å². The highest BCUT2D eigenvalue weighted by molar-refractivity contribution is 5.92. The molecule has 4 rings (SSSR count). The first-order valence-corrected chi connectivity index (χ1v) is 10.3. The highest BCUT2D eigenvalue weighted by atomic mass is 16.3. The molecular formula is C28H28O2. The third kappa shape index (κ3) is 4.26. The van der Waals surface area contributed by atoms with E-state index < -0.39 is 0 Å². The monoisotopic (exact) mass is 396 g/mol. The van der Waals surface area contributed by atoms with Crippen molar-refractivity contribution in [1.82, 2.24) is 0 Å². The van der Waals surface area contributed by atoms with Crippen molar-refractivity contribution in [2.24, 2.45) is 0 Å². The summed E-state index contributed by atoms with van der Waals surface area (Å²) >= 11 is 0. The number of hydrogen-bond donors (Lipinski definition) is 2. The summed E-state index contributed by atoms with van der Waals surface area (Å²) in [4.78, 5) is 0. The molecule has 0 aromatic heterocycles. The predicted molar refractivity (Wildman–Crippen MR) is 127 cm³/mol. The second-order valence-electron chi connectivity index (χ2n) is 7.87. The number of fused-ring (bicyclic) bond motifs is 2. The Morgan fingerprint density at radius 3 is 2.07 bits per heavy atom. The summed E-state index contributed by atoms with van der Waals surface area (Å²) in [5, 5.41) is 23.7. The number of rotatable bonds is 2. The van der Waals surface area contributed by atoms with Crippen molar-refractivity contribution in [2.45, 2.75) is 40.0 Å². The largest absolute Gasteiger partial charge is 0.508 e. The Morgan fingerprint density at radius 2 is 1.47 bits per heavy atom. The number of aromatic hydroxyl groups is 2. The molecule has 0 aliphatic rings. The molecule has 0 fully saturated rings. The quantitative estimate of drug-likeness (QED) is 0.356. The molecule has 30 heavy (non-hydrogen) atoms. The van der Waals surface area contributed by atoms with Crippen LogP contribution < -0.4 is 0 Å². The molecule has 4 aromatic carbocycles. The van der Waals surface area contributed by atoms with E-state index in [1.807, 2.05) is 42.5 Å². The zero-order chi connectivity index (χ0) is 21.8. The van der Waals surface area contributed by atoms with Crippen LogP contribution in [0.15, 0.2) is 60.7 Å². The van der Waals surface area contributed by atoms with Gasteiger partial charge in [0.2, 0.25) is 0 Å². The summed E-state index contributed by atoms with van der Waals surface area (Å²) in [5.41, 5.74) is 4.49. The van der Waals surface area contributed by atoms with Gasteiger partial charge >= 0.3 is 0 Å². The first-order chi connectivity index (χ1) is 14.3. The minimum atomic E-state index is 0.297. The molecule has 2 heteroatoms. The van der Waals surface area contributed by atoms with E-state index in [9.17, 15) is 10.2 Å². The molecule has 152 valence electrons.